The summed E-state index contributed by atoms with van der Waals surface area (Å²) in [6.45, 7) is 2.36. The van der Waals surface area contributed by atoms with Crippen LogP contribution in [-0.4, -0.2) is 46.1 Å². The lowest BCUT2D eigenvalue weighted by Crippen LogP contribution is -2.34. The zero-order chi connectivity index (χ0) is 25.3. The van der Waals surface area contributed by atoms with Gasteiger partial charge in [0.1, 0.15) is 5.65 Å². The van der Waals surface area contributed by atoms with E-state index < -0.39 is 42.0 Å². The van der Waals surface area contributed by atoms with Crippen LogP contribution in [-0.2, 0) is 26.9 Å². The molecular weight excluding hydrogens is 465 g/mol. The van der Waals surface area contributed by atoms with Crippen LogP contribution in [0.1, 0.15) is 60.0 Å². The van der Waals surface area contributed by atoms with Gasteiger partial charge >= 0.3 is 12.1 Å². The minimum Gasteiger partial charge on any atom is -0.460 e. The number of Topliss-reactive ketones (excluding diaryl/α,β-unsaturated/α-hetero) is 1. The van der Waals surface area contributed by atoms with Crippen LogP contribution < -0.4 is 5.32 Å². The number of amides is 1. The number of carbonyl (C=O) groups excluding carboxylic acids is 3. The van der Waals surface area contributed by atoms with Crippen molar-refractivity contribution < 1.29 is 41.1 Å². The Morgan fingerprint density at radius 1 is 1.21 bits per heavy atom. The molecule has 0 aromatic carbocycles. The highest BCUT2D eigenvalue weighted by atomic mass is 19.4. The highest BCUT2D eigenvalue weighted by Gasteiger charge is 2.40. The number of nitrogens with one attached hydrogen (secondary N) is 1. The summed E-state index contributed by atoms with van der Waals surface area (Å²) >= 11 is 0. The van der Waals surface area contributed by atoms with Gasteiger partial charge in [-0.1, -0.05) is 0 Å². The van der Waals surface area contributed by atoms with Crippen LogP contribution in [0, 0.1) is 12.8 Å². The lowest BCUT2D eigenvalue weighted by molar-refractivity contribution is -0.153. The van der Waals surface area contributed by atoms with Gasteiger partial charge in [-0.05, 0) is 51.2 Å². The Morgan fingerprint density at radius 3 is 2.44 bits per heavy atom. The molecule has 2 aromatic heterocycles. The molecule has 1 aliphatic carbocycles. The number of nitrogens with zero attached hydrogens (tertiary/aromatic N) is 2. The molecule has 1 aliphatic rings. The Morgan fingerprint density at radius 2 is 1.85 bits per heavy atom. The number of hydrogen-bond acceptors (Lipinski definition) is 5. The summed E-state index contributed by atoms with van der Waals surface area (Å²) in [5.74, 6) is -6.01. The molecule has 1 saturated carbocycles. The van der Waals surface area contributed by atoms with Gasteiger partial charge in [0.2, 0.25) is 5.92 Å². The van der Waals surface area contributed by atoms with Gasteiger partial charge in [0, 0.05) is 24.1 Å². The second-order valence-electron chi connectivity index (χ2n) is 8.31. The van der Waals surface area contributed by atoms with Crippen LogP contribution in [0.2, 0.25) is 0 Å². The van der Waals surface area contributed by atoms with Crippen LogP contribution in [0.5, 0.6) is 0 Å². The molecule has 34 heavy (non-hydrogen) atoms. The molecular formula is C22H24F5N3O4. The highest BCUT2D eigenvalue weighted by Crippen LogP contribution is 2.40. The Labute approximate surface area is 191 Å². The molecule has 1 fully saturated rings. The maximum absolute atomic E-state index is 13.7. The molecule has 1 amide bonds. The van der Waals surface area contributed by atoms with Crippen molar-refractivity contribution in [3.8, 4) is 0 Å². The molecule has 0 atom stereocenters. The number of ketones is 1. The molecule has 3 rings (SSSR count). The fourth-order valence-corrected chi connectivity index (χ4v) is 4.10. The molecule has 0 bridgehead atoms. The molecule has 1 N–H and O–H groups in total. The summed E-state index contributed by atoms with van der Waals surface area (Å²) in [6, 6.07) is 2.47. The molecule has 0 radical (unpaired) electrons. The second kappa shape index (κ2) is 9.67. The number of imidazole rings is 1. The zero-order valence-electron chi connectivity index (χ0n) is 18.6. The minimum absolute atomic E-state index is 0.0125. The van der Waals surface area contributed by atoms with Crippen LogP contribution >= 0.6 is 0 Å². The molecule has 2 aromatic rings. The number of aryl methyl sites for hydroxylation is 1. The summed E-state index contributed by atoms with van der Waals surface area (Å²) in [4.78, 5) is 39.2. The van der Waals surface area contributed by atoms with E-state index in [1.165, 1.54) is 24.3 Å². The van der Waals surface area contributed by atoms with Crippen LogP contribution in [0.3, 0.4) is 0 Å². The monoisotopic (exact) mass is 489 g/mol. The van der Waals surface area contributed by atoms with E-state index in [-0.39, 0.29) is 67.2 Å². The maximum Gasteiger partial charge on any atom is 0.435 e. The fourth-order valence-electron chi connectivity index (χ4n) is 4.10. The molecule has 0 aliphatic heterocycles. The first-order chi connectivity index (χ1) is 15.8. The van der Waals surface area contributed by atoms with Gasteiger partial charge in [-0.15, -0.1) is 0 Å². The maximum atomic E-state index is 13.7. The fraction of sp³-hybridized carbons (Fsp3) is 0.545. The van der Waals surface area contributed by atoms with Gasteiger partial charge < -0.3 is 14.5 Å². The third kappa shape index (κ3) is 5.71. The smallest absolute Gasteiger partial charge is 0.435 e. The first-order valence-electron chi connectivity index (χ1n) is 10.8. The van der Waals surface area contributed by atoms with Crippen molar-refractivity contribution >= 4 is 23.3 Å². The van der Waals surface area contributed by atoms with Crippen molar-refractivity contribution in [2.75, 3.05) is 13.2 Å². The highest BCUT2D eigenvalue weighted by molar-refractivity contribution is 6.34. The third-order valence-electron chi connectivity index (χ3n) is 5.76. The van der Waals surface area contributed by atoms with Crippen molar-refractivity contribution in [2.45, 2.75) is 58.1 Å². The number of hydrogen-bond donors (Lipinski definition) is 1. The average Bonchev–Trinajstić information content (AvgIpc) is 3.12. The predicted octanol–water partition coefficient (Wildman–Crippen LogP) is 3.89. The molecule has 0 spiro atoms. The van der Waals surface area contributed by atoms with E-state index in [2.05, 4.69) is 15.0 Å². The third-order valence-corrected chi connectivity index (χ3v) is 5.76. The lowest BCUT2D eigenvalue weighted by atomic mass is 9.83. The normalized spacial score (nSPS) is 16.4. The van der Waals surface area contributed by atoms with Crippen LogP contribution in [0.4, 0.5) is 22.0 Å². The van der Waals surface area contributed by atoms with Crippen molar-refractivity contribution in [1.29, 1.82) is 0 Å². The quantitative estimate of drug-likeness (QED) is 0.362. The van der Waals surface area contributed by atoms with Crippen molar-refractivity contribution in [3.05, 3.63) is 34.8 Å². The van der Waals surface area contributed by atoms with Crippen molar-refractivity contribution in [2.24, 2.45) is 5.92 Å². The summed E-state index contributed by atoms with van der Waals surface area (Å²) in [6.07, 6.45) is -5.39. The number of halogens is 5. The van der Waals surface area contributed by atoms with E-state index in [4.69, 9.17) is 0 Å². The van der Waals surface area contributed by atoms with E-state index in [1.807, 2.05) is 0 Å². The Bertz CT molecular complexity index is 1100. The van der Waals surface area contributed by atoms with Gasteiger partial charge in [-0.25, -0.2) is 18.6 Å². The number of fused-ring (bicyclic) bond motifs is 1. The van der Waals surface area contributed by atoms with Crippen LogP contribution in [0.25, 0.3) is 5.65 Å². The Kier molecular flexibility index (Phi) is 7.27. The first kappa shape index (κ1) is 25.6. The lowest BCUT2D eigenvalue weighted by Gasteiger charge is -2.28. The van der Waals surface area contributed by atoms with Gasteiger partial charge in [0.05, 0.1) is 18.8 Å². The van der Waals surface area contributed by atoms with E-state index in [0.717, 1.165) is 6.07 Å². The first-order valence-corrected chi connectivity index (χ1v) is 10.8. The molecule has 12 heteroatoms. The summed E-state index contributed by atoms with van der Waals surface area (Å²) in [5, 5.41) is 2.24. The Balaban J connectivity index is 1.88. The second-order valence-corrected chi connectivity index (χ2v) is 8.31. The summed E-state index contributed by atoms with van der Waals surface area (Å²) < 4.78 is 74.0. The molecule has 0 saturated heterocycles. The summed E-state index contributed by atoms with van der Waals surface area (Å²) in [5.41, 5.74) is -1.17. The number of pyridine rings is 1. The van der Waals surface area contributed by atoms with Crippen molar-refractivity contribution in [1.82, 2.24) is 14.7 Å². The summed E-state index contributed by atoms with van der Waals surface area (Å²) in [7, 11) is 0. The zero-order valence-corrected chi connectivity index (χ0v) is 18.6. The SMILES string of the molecule is CCOC(=O)C(=O)CNC(=O)c1cc(C)n2c(CC3CCC(F)(F)CC3)c(C(F)(F)F)nc2c1. The molecule has 7 nitrogen and oxygen atoms in total. The number of alkyl halides is 5. The number of carbonyl (C=O) groups is 3. The van der Waals surface area contributed by atoms with Crippen molar-refractivity contribution in [3.63, 3.8) is 0 Å². The van der Waals surface area contributed by atoms with Gasteiger partial charge in [0.25, 0.3) is 11.7 Å². The predicted molar refractivity (Wildman–Crippen MR) is 110 cm³/mol. The molecule has 186 valence electrons. The largest absolute Gasteiger partial charge is 0.460 e. The number of esters is 1. The molecule has 2 heterocycles. The van der Waals surface area contributed by atoms with E-state index in [0.29, 0.717) is 0 Å². The average molecular weight is 489 g/mol. The van der Waals surface area contributed by atoms with E-state index >= 15 is 0 Å². The number of aromatic nitrogens is 2. The van der Waals surface area contributed by atoms with Crippen LogP contribution in [0.15, 0.2) is 12.1 Å². The number of rotatable bonds is 7. The van der Waals surface area contributed by atoms with Gasteiger partial charge in [0.15, 0.2) is 5.69 Å². The van der Waals surface area contributed by atoms with E-state index in [9.17, 15) is 36.3 Å². The standard InChI is InChI=1S/C22H24F5N3O4/c1-3-34-20(33)16(31)11-28-19(32)14-8-12(2)30-15(9-13-4-6-21(23,24)7-5-13)18(22(25,26)27)29-17(30)10-14/h8,10,13H,3-7,9,11H2,1-2H3,(H,28,32). The van der Waals surface area contributed by atoms with E-state index in [1.54, 1.807) is 0 Å². The topological polar surface area (TPSA) is 89.8 Å². The number of ether oxygens (including phenoxy) is 1. The van der Waals surface area contributed by atoms with Gasteiger partial charge in [-0.2, -0.15) is 13.2 Å². The minimum atomic E-state index is -4.78. The Hall–Kier alpha value is -3.05. The molecule has 0 unspecified atom stereocenters. The van der Waals surface area contributed by atoms with Gasteiger partial charge in [-0.3, -0.25) is 9.59 Å².